The van der Waals surface area contributed by atoms with E-state index in [1.807, 2.05) is 32.0 Å². The zero-order valence-corrected chi connectivity index (χ0v) is 16.0. The van der Waals surface area contributed by atoms with E-state index in [1.165, 1.54) is 0 Å². The second kappa shape index (κ2) is 7.39. The van der Waals surface area contributed by atoms with E-state index in [0.29, 0.717) is 25.0 Å². The fraction of sp³-hybridized carbons (Fsp3) is 0.476. The van der Waals surface area contributed by atoms with Gasteiger partial charge in [-0.3, -0.25) is 14.4 Å². The number of fused-ring (bicyclic) bond motifs is 2. The van der Waals surface area contributed by atoms with Crippen LogP contribution in [-0.2, 0) is 14.3 Å². The van der Waals surface area contributed by atoms with Gasteiger partial charge >= 0.3 is 0 Å². The van der Waals surface area contributed by atoms with Crippen LogP contribution < -0.4 is 5.32 Å². The quantitative estimate of drug-likeness (QED) is 0.853. The fourth-order valence-electron chi connectivity index (χ4n) is 4.06. The molecule has 3 atom stereocenters. The number of rotatable bonds is 5. The van der Waals surface area contributed by atoms with Crippen LogP contribution in [0.1, 0.15) is 37.2 Å². The third kappa shape index (κ3) is 3.42. The number of carbonyl (C=O) groups excluding carboxylic acids is 3. The predicted octanol–water partition coefficient (Wildman–Crippen LogP) is 2.15. The zero-order chi connectivity index (χ0) is 19.8. The summed E-state index contributed by atoms with van der Waals surface area (Å²) in [5.74, 6) is -0.367. The monoisotopic (exact) mass is 384 g/mol. The largest absolute Gasteiger partial charge is 0.451 e. The molecule has 1 aromatic heterocycles. The third-order valence-corrected chi connectivity index (χ3v) is 5.35. The molecule has 7 nitrogen and oxygen atoms in total. The third-order valence-electron chi connectivity index (χ3n) is 5.35. The topological polar surface area (TPSA) is 88.8 Å². The lowest BCUT2D eigenvalue weighted by Crippen LogP contribution is -2.52. The molecule has 0 unspecified atom stereocenters. The van der Waals surface area contributed by atoms with Crippen LogP contribution in [0.25, 0.3) is 11.0 Å². The number of hydrogen-bond acceptors (Lipinski definition) is 5. The first-order chi connectivity index (χ1) is 13.4. The van der Waals surface area contributed by atoms with Gasteiger partial charge in [0.25, 0.3) is 5.91 Å². The summed E-state index contributed by atoms with van der Waals surface area (Å²) in [5.41, 5.74) is 0.621. The number of carbonyl (C=O) groups is 3. The molecule has 7 heteroatoms. The summed E-state index contributed by atoms with van der Waals surface area (Å²) < 4.78 is 11.1. The SMILES string of the molecule is CC(C)C[C@H](NC(=O)c1cc2ccccc2o1)C(=O)N1CC[C@H]2OCC(=O)[C@H]21. The maximum Gasteiger partial charge on any atom is 0.287 e. The first-order valence-corrected chi connectivity index (χ1v) is 9.68. The molecular weight excluding hydrogens is 360 g/mol. The number of likely N-dealkylation sites (tertiary alicyclic amines) is 1. The summed E-state index contributed by atoms with van der Waals surface area (Å²) in [7, 11) is 0. The predicted molar refractivity (Wildman–Crippen MR) is 102 cm³/mol. The van der Waals surface area contributed by atoms with E-state index in [1.54, 1.807) is 17.0 Å². The van der Waals surface area contributed by atoms with Crippen LogP contribution in [0.5, 0.6) is 0 Å². The summed E-state index contributed by atoms with van der Waals surface area (Å²) in [6.45, 7) is 4.50. The summed E-state index contributed by atoms with van der Waals surface area (Å²) in [6, 6.07) is 7.79. The Labute approximate surface area is 163 Å². The van der Waals surface area contributed by atoms with Gasteiger partial charge in [0.15, 0.2) is 11.5 Å². The molecule has 0 spiro atoms. The molecule has 2 aliphatic rings. The van der Waals surface area contributed by atoms with Gasteiger partial charge < -0.3 is 19.4 Å². The van der Waals surface area contributed by atoms with Gasteiger partial charge in [-0.05, 0) is 30.9 Å². The highest BCUT2D eigenvalue weighted by Gasteiger charge is 2.48. The van der Waals surface area contributed by atoms with Gasteiger partial charge in [0, 0.05) is 11.9 Å². The molecule has 1 aromatic carbocycles. The molecule has 2 saturated heterocycles. The average molecular weight is 384 g/mol. The van der Waals surface area contributed by atoms with Crippen molar-refractivity contribution >= 4 is 28.6 Å². The molecule has 2 amide bonds. The van der Waals surface area contributed by atoms with Gasteiger partial charge in [0.05, 0.1) is 6.10 Å². The molecule has 28 heavy (non-hydrogen) atoms. The van der Waals surface area contributed by atoms with Crippen molar-refractivity contribution in [3.05, 3.63) is 36.1 Å². The number of para-hydroxylation sites is 1. The van der Waals surface area contributed by atoms with E-state index in [0.717, 1.165) is 5.39 Å². The maximum atomic E-state index is 13.2. The highest BCUT2D eigenvalue weighted by Crippen LogP contribution is 2.28. The van der Waals surface area contributed by atoms with Crippen molar-refractivity contribution in [3.63, 3.8) is 0 Å². The van der Waals surface area contributed by atoms with Crippen molar-refractivity contribution in [2.45, 2.75) is 44.9 Å². The number of amides is 2. The van der Waals surface area contributed by atoms with Crippen molar-refractivity contribution in [2.75, 3.05) is 13.2 Å². The van der Waals surface area contributed by atoms with Gasteiger partial charge in [0.2, 0.25) is 5.91 Å². The van der Waals surface area contributed by atoms with Crippen LogP contribution in [0.3, 0.4) is 0 Å². The van der Waals surface area contributed by atoms with Gasteiger partial charge in [-0.25, -0.2) is 0 Å². The Hall–Kier alpha value is -2.67. The van der Waals surface area contributed by atoms with Crippen molar-refractivity contribution < 1.29 is 23.5 Å². The minimum absolute atomic E-state index is 0.0549. The zero-order valence-electron chi connectivity index (χ0n) is 16.0. The van der Waals surface area contributed by atoms with Crippen LogP contribution in [0.2, 0.25) is 0 Å². The molecule has 0 bridgehead atoms. The van der Waals surface area contributed by atoms with E-state index in [4.69, 9.17) is 9.15 Å². The van der Waals surface area contributed by atoms with E-state index in [-0.39, 0.29) is 36.1 Å². The van der Waals surface area contributed by atoms with E-state index in [2.05, 4.69) is 5.32 Å². The minimum Gasteiger partial charge on any atom is -0.451 e. The van der Waals surface area contributed by atoms with Crippen LogP contribution in [0, 0.1) is 5.92 Å². The average Bonchev–Trinajstić information content (AvgIpc) is 3.36. The summed E-state index contributed by atoms with van der Waals surface area (Å²) >= 11 is 0. The number of ether oxygens (including phenoxy) is 1. The van der Waals surface area contributed by atoms with Crippen molar-refractivity contribution in [1.82, 2.24) is 10.2 Å². The lowest BCUT2D eigenvalue weighted by atomic mass is 10.0. The number of ketones is 1. The Kier molecular flexibility index (Phi) is 4.93. The number of hydrogen-bond donors (Lipinski definition) is 1. The first kappa shape index (κ1) is 18.7. The van der Waals surface area contributed by atoms with Gasteiger partial charge in [-0.15, -0.1) is 0 Å². The number of nitrogens with one attached hydrogen (secondary N) is 1. The molecule has 0 saturated carbocycles. The van der Waals surface area contributed by atoms with E-state index in [9.17, 15) is 14.4 Å². The second-order valence-corrected chi connectivity index (χ2v) is 7.88. The van der Waals surface area contributed by atoms with Crippen LogP contribution in [0.15, 0.2) is 34.7 Å². The number of furan rings is 1. The molecule has 1 N–H and O–H groups in total. The molecular formula is C21H24N2O5. The Morgan fingerprint density at radius 1 is 1.29 bits per heavy atom. The molecule has 0 aliphatic carbocycles. The number of nitrogens with zero attached hydrogens (tertiary/aromatic N) is 1. The number of Topliss-reactive ketones (excluding diaryl/α,β-unsaturated/α-hetero) is 1. The normalized spacial score (nSPS) is 22.7. The highest BCUT2D eigenvalue weighted by atomic mass is 16.5. The van der Waals surface area contributed by atoms with Gasteiger partial charge in [0.1, 0.15) is 24.3 Å². The first-order valence-electron chi connectivity index (χ1n) is 9.68. The van der Waals surface area contributed by atoms with Crippen molar-refractivity contribution in [1.29, 1.82) is 0 Å². The van der Waals surface area contributed by atoms with Crippen LogP contribution in [0.4, 0.5) is 0 Å². The van der Waals surface area contributed by atoms with E-state index < -0.39 is 18.0 Å². The van der Waals surface area contributed by atoms with Crippen molar-refractivity contribution in [2.24, 2.45) is 5.92 Å². The Balaban J connectivity index is 1.53. The number of benzene rings is 1. The lowest BCUT2D eigenvalue weighted by Gasteiger charge is -2.28. The minimum atomic E-state index is -0.715. The molecule has 2 aromatic rings. The standard InChI is InChI=1S/C21H24N2O5/c1-12(2)9-14(21(26)23-8-7-17-19(23)15(24)11-27-17)22-20(25)18-10-13-5-3-4-6-16(13)28-18/h3-6,10,12,14,17,19H,7-9,11H2,1-2H3,(H,22,25)/t14-,17+,19+/m0/s1. The summed E-state index contributed by atoms with van der Waals surface area (Å²) in [4.78, 5) is 39.6. The maximum absolute atomic E-state index is 13.2. The lowest BCUT2D eigenvalue weighted by molar-refractivity contribution is -0.138. The van der Waals surface area contributed by atoms with Gasteiger partial charge in [-0.2, -0.15) is 0 Å². The molecule has 2 aliphatic heterocycles. The smallest absolute Gasteiger partial charge is 0.287 e. The fourth-order valence-corrected chi connectivity index (χ4v) is 4.06. The molecule has 4 rings (SSSR count). The highest BCUT2D eigenvalue weighted by molar-refractivity contribution is 6.00. The molecule has 148 valence electrons. The summed E-state index contributed by atoms with van der Waals surface area (Å²) in [6.07, 6.45) is 0.907. The summed E-state index contributed by atoms with van der Waals surface area (Å²) in [5, 5.41) is 3.65. The Morgan fingerprint density at radius 3 is 2.82 bits per heavy atom. The van der Waals surface area contributed by atoms with Crippen molar-refractivity contribution in [3.8, 4) is 0 Å². The Morgan fingerprint density at radius 2 is 2.07 bits per heavy atom. The molecule has 3 heterocycles. The van der Waals surface area contributed by atoms with Crippen LogP contribution in [-0.4, -0.2) is 53.8 Å². The molecule has 2 fully saturated rings. The molecule has 0 radical (unpaired) electrons. The van der Waals surface area contributed by atoms with Gasteiger partial charge in [-0.1, -0.05) is 32.0 Å². The van der Waals surface area contributed by atoms with E-state index >= 15 is 0 Å². The van der Waals surface area contributed by atoms with Crippen LogP contribution >= 0.6 is 0 Å². The Bertz CT molecular complexity index is 885. The second-order valence-electron chi connectivity index (χ2n) is 7.88.